The number of halogens is 3. The maximum absolute atomic E-state index is 13.3. The quantitative estimate of drug-likeness (QED) is 0.597. The summed E-state index contributed by atoms with van der Waals surface area (Å²) in [6.07, 6.45) is -5.04. The van der Waals surface area contributed by atoms with Crippen LogP contribution in [0.1, 0.15) is 29.8 Å². The van der Waals surface area contributed by atoms with E-state index in [-0.39, 0.29) is 35.1 Å². The van der Waals surface area contributed by atoms with Crippen LogP contribution in [-0.2, 0) is 27.4 Å². The number of nitrogens with zero attached hydrogens (tertiary/aromatic N) is 3. The summed E-state index contributed by atoms with van der Waals surface area (Å²) in [4.78, 5) is 11.4. The fourth-order valence-electron chi connectivity index (χ4n) is 4.19. The van der Waals surface area contributed by atoms with Crippen molar-refractivity contribution >= 4 is 26.9 Å². The Morgan fingerprint density at radius 3 is 2.42 bits per heavy atom. The number of carbonyl (C=O) groups is 1. The molecule has 0 bridgehead atoms. The van der Waals surface area contributed by atoms with Crippen molar-refractivity contribution in [3.05, 3.63) is 59.3 Å². The highest BCUT2D eigenvalue weighted by Crippen LogP contribution is 2.37. The predicted molar refractivity (Wildman–Crippen MR) is 114 cm³/mol. The van der Waals surface area contributed by atoms with Crippen molar-refractivity contribution in [3.63, 3.8) is 0 Å². The molecule has 0 unspecified atom stereocenters. The minimum absolute atomic E-state index is 0.0108. The number of aryl methyl sites for hydroxylation is 1. The lowest BCUT2D eigenvalue weighted by Crippen LogP contribution is -2.29. The summed E-state index contributed by atoms with van der Waals surface area (Å²) >= 11 is 0. The Balaban J connectivity index is 1.76. The lowest BCUT2D eigenvalue weighted by molar-refractivity contribution is -0.138. The molecular weight excluding hydrogens is 459 g/mol. The Morgan fingerprint density at radius 1 is 1.15 bits per heavy atom. The summed E-state index contributed by atoms with van der Waals surface area (Å²) in [7, 11) is -3.81. The lowest BCUT2D eigenvalue weighted by atomic mass is 10.1. The van der Waals surface area contributed by atoms with Gasteiger partial charge in [-0.15, -0.1) is 0 Å². The SMILES string of the molecule is Cc1ccc(S(=O)(=O)N2C[C@@H](C)[C@@H](n3nc(CC(=O)O)c4ccc(C(F)(F)F)cc43)C2)cc1. The summed E-state index contributed by atoms with van der Waals surface area (Å²) < 4.78 is 69.0. The number of sulfonamides is 1. The van der Waals surface area contributed by atoms with Crippen molar-refractivity contribution < 1.29 is 31.5 Å². The highest BCUT2D eigenvalue weighted by molar-refractivity contribution is 7.89. The molecular formula is C22H22F3N3O4S. The van der Waals surface area contributed by atoms with Crippen molar-refractivity contribution in [1.82, 2.24) is 14.1 Å². The average molecular weight is 481 g/mol. The van der Waals surface area contributed by atoms with Gasteiger partial charge in [-0.2, -0.15) is 22.6 Å². The second-order valence-electron chi connectivity index (χ2n) is 8.37. The van der Waals surface area contributed by atoms with Crippen molar-refractivity contribution in [1.29, 1.82) is 0 Å². The van der Waals surface area contributed by atoms with E-state index in [1.54, 1.807) is 19.1 Å². The molecule has 176 valence electrons. The second kappa shape index (κ2) is 8.14. The van der Waals surface area contributed by atoms with E-state index in [0.717, 1.165) is 17.7 Å². The number of rotatable bonds is 5. The first kappa shape index (κ1) is 23.2. The zero-order valence-electron chi connectivity index (χ0n) is 17.9. The Hall–Kier alpha value is -2.92. The first-order valence-electron chi connectivity index (χ1n) is 10.2. The largest absolute Gasteiger partial charge is 0.481 e. The topological polar surface area (TPSA) is 92.5 Å². The molecule has 4 rings (SSSR count). The molecule has 0 radical (unpaired) electrons. The summed E-state index contributed by atoms with van der Waals surface area (Å²) in [5, 5.41) is 13.9. The van der Waals surface area contributed by atoms with Crippen LogP contribution in [0.2, 0.25) is 0 Å². The van der Waals surface area contributed by atoms with Crippen LogP contribution in [0.15, 0.2) is 47.4 Å². The van der Waals surface area contributed by atoms with Crippen molar-refractivity contribution in [2.45, 2.75) is 37.4 Å². The molecule has 1 aliphatic heterocycles. The molecule has 7 nitrogen and oxygen atoms in total. The third kappa shape index (κ3) is 4.34. The van der Waals surface area contributed by atoms with Crippen molar-refractivity contribution in [3.8, 4) is 0 Å². The molecule has 1 aliphatic rings. The molecule has 0 aliphatic carbocycles. The van der Waals surface area contributed by atoms with Gasteiger partial charge in [-0.3, -0.25) is 9.48 Å². The molecule has 1 saturated heterocycles. The summed E-state index contributed by atoms with van der Waals surface area (Å²) in [5.41, 5.74) is 0.301. The van der Waals surface area contributed by atoms with E-state index >= 15 is 0 Å². The van der Waals surface area contributed by atoms with Gasteiger partial charge in [0.25, 0.3) is 0 Å². The normalized spacial score (nSPS) is 19.9. The Bertz CT molecular complexity index is 1320. The van der Waals surface area contributed by atoms with Crippen LogP contribution >= 0.6 is 0 Å². The second-order valence-corrected chi connectivity index (χ2v) is 10.3. The zero-order valence-corrected chi connectivity index (χ0v) is 18.7. The monoisotopic (exact) mass is 481 g/mol. The molecule has 1 aromatic heterocycles. The van der Waals surface area contributed by atoms with E-state index in [2.05, 4.69) is 5.10 Å². The molecule has 1 N–H and O–H groups in total. The number of aliphatic carboxylic acids is 1. The number of carboxylic acid groups (broad SMARTS) is 1. The molecule has 2 heterocycles. The fraction of sp³-hybridized carbons (Fsp3) is 0.364. The van der Waals surface area contributed by atoms with Crippen LogP contribution in [-0.4, -0.2) is 46.7 Å². The lowest BCUT2D eigenvalue weighted by Gasteiger charge is -2.18. The average Bonchev–Trinajstić information content (AvgIpc) is 3.28. The third-order valence-corrected chi connectivity index (χ3v) is 7.79. The number of hydrogen-bond acceptors (Lipinski definition) is 4. The van der Waals surface area contributed by atoms with Gasteiger partial charge >= 0.3 is 12.1 Å². The highest BCUT2D eigenvalue weighted by Gasteiger charge is 2.40. The van der Waals surface area contributed by atoms with E-state index in [1.165, 1.54) is 27.2 Å². The molecule has 1 fully saturated rings. The van der Waals surface area contributed by atoms with Crippen LogP contribution in [0.4, 0.5) is 13.2 Å². The number of carboxylic acids is 1. The molecule has 2 atom stereocenters. The number of aromatic nitrogens is 2. The number of hydrogen-bond donors (Lipinski definition) is 1. The maximum Gasteiger partial charge on any atom is 0.416 e. The van der Waals surface area contributed by atoms with E-state index in [9.17, 15) is 31.5 Å². The summed E-state index contributed by atoms with van der Waals surface area (Å²) in [6, 6.07) is 8.94. The molecule has 11 heteroatoms. The van der Waals surface area contributed by atoms with Crippen LogP contribution in [0.25, 0.3) is 10.9 Å². The standard InChI is InChI=1S/C22H22F3N3O4S/c1-13-3-6-16(7-4-13)33(31,32)27-11-14(2)20(12-27)28-19-9-15(22(23,24)25)5-8-17(19)18(26-28)10-21(29)30/h3-9,14,20H,10-12H2,1-2H3,(H,29,30)/t14-,20+/m1/s1. The van der Waals surface area contributed by atoms with E-state index in [4.69, 9.17) is 0 Å². The Morgan fingerprint density at radius 2 is 1.82 bits per heavy atom. The number of fused-ring (bicyclic) bond motifs is 1. The minimum Gasteiger partial charge on any atom is -0.481 e. The third-order valence-electron chi connectivity index (χ3n) is 5.94. The molecule has 3 aromatic rings. The fourth-order valence-corrected chi connectivity index (χ4v) is 5.74. The van der Waals surface area contributed by atoms with Gasteiger partial charge in [-0.05, 0) is 37.1 Å². The molecule has 33 heavy (non-hydrogen) atoms. The van der Waals surface area contributed by atoms with Crippen LogP contribution in [0.3, 0.4) is 0 Å². The van der Waals surface area contributed by atoms with Gasteiger partial charge in [0.15, 0.2) is 0 Å². The van der Waals surface area contributed by atoms with Crippen LogP contribution in [0.5, 0.6) is 0 Å². The van der Waals surface area contributed by atoms with Crippen LogP contribution < -0.4 is 0 Å². The maximum atomic E-state index is 13.3. The molecule has 0 amide bonds. The van der Waals surface area contributed by atoms with E-state index in [1.807, 2.05) is 6.92 Å². The molecule has 0 spiro atoms. The highest BCUT2D eigenvalue weighted by atomic mass is 32.2. The molecule has 0 saturated carbocycles. The first-order valence-corrected chi connectivity index (χ1v) is 11.7. The number of alkyl halides is 3. The Kier molecular flexibility index (Phi) is 5.73. The number of benzene rings is 2. The van der Waals surface area contributed by atoms with Gasteiger partial charge in [0.2, 0.25) is 10.0 Å². The van der Waals surface area contributed by atoms with Gasteiger partial charge in [0, 0.05) is 18.5 Å². The first-order chi connectivity index (χ1) is 15.4. The van der Waals surface area contributed by atoms with E-state index in [0.29, 0.717) is 5.39 Å². The minimum atomic E-state index is -4.58. The van der Waals surface area contributed by atoms with Crippen molar-refractivity contribution in [2.24, 2.45) is 5.92 Å². The van der Waals surface area contributed by atoms with Gasteiger partial charge in [-0.1, -0.05) is 30.7 Å². The van der Waals surface area contributed by atoms with Crippen LogP contribution in [0, 0.1) is 12.8 Å². The van der Waals surface area contributed by atoms with E-state index < -0.39 is 40.2 Å². The smallest absolute Gasteiger partial charge is 0.416 e. The summed E-state index contributed by atoms with van der Waals surface area (Å²) in [5.74, 6) is -1.43. The van der Waals surface area contributed by atoms with Crippen molar-refractivity contribution in [2.75, 3.05) is 13.1 Å². The predicted octanol–water partition coefficient (Wildman–Crippen LogP) is 3.87. The summed E-state index contributed by atoms with van der Waals surface area (Å²) in [6.45, 7) is 3.82. The zero-order chi connectivity index (χ0) is 24.1. The molecule has 2 aromatic carbocycles. The van der Waals surface area contributed by atoms with Gasteiger partial charge < -0.3 is 5.11 Å². The van der Waals surface area contributed by atoms with Gasteiger partial charge in [0.05, 0.1) is 34.1 Å². The van der Waals surface area contributed by atoms with Gasteiger partial charge in [0.1, 0.15) is 0 Å². The van der Waals surface area contributed by atoms with Gasteiger partial charge in [-0.25, -0.2) is 8.42 Å². The Labute approximate surface area is 188 Å².